The molecule has 14 heavy (non-hydrogen) atoms. The second-order valence-electron chi connectivity index (χ2n) is 3.47. The highest BCUT2D eigenvalue weighted by Gasteiger charge is 2.02. The maximum absolute atomic E-state index is 5.58. The van der Waals surface area contributed by atoms with E-state index in [-0.39, 0.29) is 0 Å². The maximum atomic E-state index is 5.58. The predicted molar refractivity (Wildman–Crippen MR) is 62.5 cm³/mol. The summed E-state index contributed by atoms with van der Waals surface area (Å²) in [5, 5.41) is 3.40. The van der Waals surface area contributed by atoms with E-state index in [0.29, 0.717) is 6.04 Å². The van der Waals surface area contributed by atoms with Gasteiger partial charge in [0, 0.05) is 18.1 Å². The summed E-state index contributed by atoms with van der Waals surface area (Å²) in [7, 11) is 0. The molecule has 1 N–H and O–H groups in total. The Morgan fingerprint density at radius 3 is 2.64 bits per heavy atom. The van der Waals surface area contributed by atoms with Crippen LogP contribution in [0.2, 0.25) is 0 Å². The van der Waals surface area contributed by atoms with Gasteiger partial charge in [0.25, 0.3) is 0 Å². The Morgan fingerprint density at radius 1 is 1.43 bits per heavy atom. The fraction of sp³-hybridized carbons (Fsp3) is 0.333. The fourth-order valence-electron chi connectivity index (χ4n) is 1.21. The van der Waals surface area contributed by atoms with E-state index < -0.39 is 0 Å². The van der Waals surface area contributed by atoms with Gasteiger partial charge < -0.3 is 5.32 Å². The lowest BCUT2D eigenvalue weighted by atomic mass is 10.1. The largest absolute Gasteiger partial charge is 0.306 e. The zero-order valence-corrected chi connectivity index (χ0v) is 9.38. The number of hydrogen-bond acceptors (Lipinski definition) is 1. The van der Waals surface area contributed by atoms with Crippen molar-refractivity contribution in [3.8, 4) is 0 Å². The van der Waals surface area contributed by atoms with Gasteiger partial charge in [0.1, 0.15) is 0 Å². The minimum atomic E-state index is 0.364. The molecule has 1 atom stereocenters. The van der Waals surface area contributed by atoms with Crippen LogP contribution in [0.25, 0.3) is 0 Å². The molecule has 0 saturated heterocycles. The van der Waals surface area contributed by atoms with Gasteiger partial charge in [-0.25, -0.2) is 0 Å². The lowest BCUT2D eigenvalue weighted by Gasteiger charge is -2.13. The van der Waals surface area contributed by atoms with Crippen molar-refractivity contribution in [2.75, 3.05) is 6.54 Å². The molecule has 1 aromatic rings. The molecule has 0 aliphatic rings. The van der Waals surface area contributed by atoms with Gasteiger partial charge in [-0.1, -0.05) is 41.9 Å². The fourth-order valence-corrected chi connectivity index (χ4v) is 1.29. The van der Waals surface area contributed by atoms with Crippen LogP contribution in [0.5, 0.6) is 0 Å². The third-order valence-corrected chi connectivity index (χ3v) is 2.55. The average molecular weight is 210 g/mol. The van der Waals surface area contributed by atoms with Crippen molar-refractivity contribution in [1.82, 2.24) is 5.32 Å². The van der Waals surface area contributed by atoms with Crippen LogP contribution in [0.15, 0.2) is 41.4 Å². The van der Waals surface area contributed by atoms with Crippen LogP contribution in [-0.4, -0.2) is 6.54 Å². The summed E-state index contributed by atoms with van der Waals surface area (Å²) in [4.78, 5) is 0. The quantitative estimate of drug-likeness (QED) is 0.801. The molecule has 0 bridgehead atoms. The highest BCUT2D eigenvalue weighted by atomic mass is 35.5. The lowest BCUT2D eigenvalue weighted by molar-refractivity contribution is 0.607. The molecule has 0 aromatic heterocycles. The van der Waals surface area contributed by atoms with Crippen LogP contribution < -0.4 is 5.32 Å². The normalized spacial score (nSPS) is 14.1. The van der Waals surface area contributed by atoms with Gasteiger partial charge in [0.2, 0.25) is 0 Å². The maximum Gasteiger partial charge on any atom is 0.0294 e. The van der Waals surface area contributed by atoms with Crippen LogP contribution in [0.3, 0.4) is 0 Å². The summed E-state index contributed by atoms with van der Waals surface area (Å²) in [5.74, 6) is 0. The topological polar surface area (TPSA) is 12.0 Å². The molecule has 0 saturated carbocycles. The number of halogens is 1. The molecular weight excluding hydrogens is 194 g/mol. The highest BCUT2D eigenvalue weighted by molar-refractivity contribution is 6.25. The number of benzene rings is 1. The zero-order chi connectivity index (χ0) is 10.4. The lowest BCUT2D eigenvalue weighted by Crippen LogP contribution is -2.20. The van der Waals surface area contributed by atoms with Crippen molar-refractivity contribution >= 4 is 11.6 Å². The van der Waals surface area contributed by atoms with E-state index in [9.17, 15) is 0 Å². The Bertz CT molecular complexity index is 292. The molecule has 1 aromatic carbocycles. The summed E-state index contributed by atoms with van der Waals surface area (Å²) in [5.41, 5.74) is 4.06. The molecule has 0 radical (unpaired) electrons. The van der Waals surface area contributed by atoms with Crippen LogP contribution in [0.4, 0.5) is 0 Å². The van der Waals surface area contributed by atoms with Crippen LogP contribution in [0.1, 0.15) is 25.5 Å². The minimum absolute atomic E-state index is 0.364. The van der Waals surface area contributed by atoms with E-state index in [1.807, 2.05) is 13.0 Å². The molecule has 0 unspecified atom stereocenters. The summed E-state index contributed by atoms with van der Waals surface area (Å²) in [6.45, 7) is 4.99. The first-order chi connectivity index (χ1) is 6.74. The third kappa shape index (κ3) is 3.52. The van der Waals surface area contributed by atoms with Crippen molar-refractivity contribution < 1.29 is 0 Å². The van der Waals surface area contributed by atoms with E-state index in [1.54, 1.807) is 5.54 Å². The second kappa shape index (κ2) is 5.84. The first kappa shape index (κ1) is 11.3. The summed E-state index contributed by atoms with van der Waals surface area (Å²) in [6.07, 6.45) is 0. The minimum Gasteiger partial charge on any atom is -0.306 e. The third-order valence-electron chi connectivity index (χ3n) is 2.17. The van der Waals surface area contributed by atoms with Gasteiger partial charge in [-0.05, 0) is 25.0 Å². The van der Waals surface area contributed by atoms with Crippen LogP contribution in [0, 0.1) is 0 Å². The predicted octanol–water partition coefficient (Wildman–Crippen LogP) is 3.48. The van der Waals surface area contributed by atoms with Crippen LogP contribution >= 0.6 is 11.6 Å². The van der Waals surface area contributed by atoms with E-state index in [2.05, 4.69) is 36.5 Å². The molecule has 2 heteroatoms. The summed E-state index contributed by atoms with van der Waals surface area (Å²) in [6, 6.07) is 10.7. The van der Waals surface area contributed by atoms with Crippen molar-refractivity contribution in [3.63, 3.8) is 0 Å². The Labute approximate surface area is 90.8 Å². The van der Waals surface area contributed by atoms with Crippen molar-refractivity contribution in [1.29, 1.82) is 0 Å². The van der Waals surface area contributed by atoms with Crippen LogP contribution in [-0.2, 0) is 0 Å². The molecule has 1 nitrogen and oxygen atoms in total. The van der Waals surface area contributed by atoms with E-state index in [1.165, 1.54) is 5.56 Å². The Balaban J connectivity index is 2.47. The number of nitrogens with one attached hydrogen (secondary N) is 1. The Hall–Kier alpha value is -0.790. The van der Waals surface area contributed by atoms with Crippen molar-refractivity contribution in [2.24, 2.45) is 0 Å². The van der Waals surface area contributed by atoms with Gasteiger partial charge in [0.05, 0.1) is 0 Å². The van der Waals surface area contributed by atoms with Crippen molar-refractivity contribution in [2.45, 2.75) is 19.9 Å². The first-order valence-corrected chi connectivity index (χ1v) is 5.22. The Kier molecular flexibility index (Phi) is 4.71. The van der Waals surface area contributed by atoms with Gasteiger partial charge in [-0.2, -0.15) is 0 Å². The summed E-state index contributed by atoms with van der Waals surface area (Å²) >= 11 is 5.58. The monoisotopic (exact) mass is 209 g/mol. The second-order valence-corrected chi connectivity index (χ2v) is 3.69. The molecule has 0 spiro atoms. The first-order valence-electron chi connectivity index (χ1n) is 4.78. The molecule has 1 rings (SSSR count). The molecule has 0 aliphatic heterocycles. The van der Waals surface area contributed by atoms with Gasteiger partial charge >= 0.3 is 0 Å². The smallest absolute Gasteiger partial charge is 0.0294 e. The Morgan fingerprint density at radius 2 is 2.07 bits per heavy atom. The molecule has 0 aliphatic carbocycles. The average Bonchev–Trinajstić information content (AvgIpc) is 2.26. The SMILES string of the molecule is C/C(=C\Cl)CN[C@H](C)c1ccccc1. The molecule has 0 amide bonds. The van der Waals surface area contributed by atoms with Gasteiger partial charge in [0.15, 0.2) is 0 Å². The standard InChI is InChI=1S/C12H16ClN/c1-10(8-13)9-14-11(2)12-6-4-3-5-7-12/h3-8,11,14H,9H2,1-2H3/b10-8+/t11-/m1/s1. The number of hydrogen-bond donors (Lipinski definition) is 1. The van der Waals surface area contributed by atoms with Crippen molar-refractivity contribution in [3.05, 3.63) is 47.0 Å². The summed E-state index contributed by atoms with van der Waals surface area (Å²) < 4.78 is 0. The zero-order valence-electron chi connectivity index (χ0n) is 8.63. The molecule has 0 heterocycles. The van der Waals surface area contributed by atoms with Gasteiger partial charge in [-0.15, -0.1) is 0 Å². The number of rotatable bonds is 4. The van der Waals surface area contributed by atoms with E-state index in [4.69, 9.17) is 11.6 Å². The molecular formula is C12H16ClN. The van der Waals surface area contributed by atoms with Gasteiger partial charge in [-0.3, -0.25) is 0 Å². The highest BCUT2D eigenvalue weighted by Crippen LogP contribution is 2.11. The molecule has 76 valence electrons. The van der Waals surface area contributed by atoms with E-state index >= 15 is 0 Å². The molecule has 0 fully saturated rings. The van der Waals surface area contributed by atoms with E-state index in [0.717, 1.165) is 12.1 Å².